The fourth-order valence-electron chi connectivity index (χ4n) is 6.41. The molecule has 1 unspecified atom stereocenters. The molecule has 6 rings (SSSR count). The Morgan fingerprint density at radius 3 is 1.88 bits per heavy atom. The Morgan fingerprint density at radius 1 is 0.767 bits per heavy atom. The molecule has 219 valence electrons. The SMILES string of the molecule is CC(C)(C)c1ccc2c(c1)=[C]([Zr+2]=[C](c1ccccc1)c1ccccc1)C1=C(C3=CC=CC3)C(C)(C(C)(C)C)C=CC=21.[Cl-].[Cl-]. The minimum atomic E-state index is -1.31. The van der Waals surface area contributed by atoms with E-state index in [1.807, 2.05) is 0 Å². The minimum absolute atomic E-state index is 0. The van der Waals surface area contributed by atoms with Gasteiger partial charge in [0.15, 0.2) is 0 Å². The maximum absolute atomic E-state index is 2.54. The van der Waals surface area contributed by atoms with E-state index in [9.17, 15) is 0 Å². The van der Waals surface area contributed by atoms with Crippen LogP contribution in [0.2, 0.25) is 0 Å². The van der Waals surface area contributed by atoms with Crippen LogP contribution in [0.15, 0.2) is 126 Å². The van der Waals surface area contributed by atoms with Crippen LogP contribution in [0.3, 0.4) is 0 Å². The van der Waals surface area contributed by atoms with Gasteiger partial charge >= 0.3 is 259 Å². The summed E-state index contributed by atoms with van der Waals surface area (Å²) in [5.41, 5.74) is 10.3. The molecule has 0 saturated carbocycles. The van der Waals surface area contributed by atoms with Crippen LogP contribution < -0.4 is 35.3 Å². The van der Waals surface area contributed by atoms with Crippen LogP contribution in [0.1, 0.15) is 71.6 Å². The first-order chi connectivity index (χ1) is 19.5. The third-order valence-corrected chi connectivity index (χ3v) is 13.3. The Hall–Kier alpha value is -2.31. The summed E-state index contributed by atoms with van der Waals surface area (Å²) in [4.78, 5) is 0. The number of hydrogen-bond acceptors (Lipinski definition) is 0. The van der Waals surface area contributed by atoms with Gasteiger partial charge in [0.25, 0.3) is 0 Å². The molecule has 1 atom stereocenters. The summed E-state index contributed by atoms with van der Waals surface area (Å²) in [5, 5.41) is 2.89. The predicted molar refractivity (Wildman–Crippen MR) is 173 cm³/mol. The van der Waals surface area contributed by atoms with Crippen molar-refractivity contribution in [1.82, 2.24) is 0 Å². The molecule has 0 amide bonds. The molecule has 3 aliphatic rings. The van der Waals surface area contributed by atoms with Gasteiger partial charge in [0.2, 0.25) is 0 Å². The van der Waals surface area contributed by atoms with Crippen LogP contribution in [-0.4, -0.2) is 3.21 Å². The smallest absolute Gasteiger partial charge is 1.00 e. The molecular formula is C40H41Cl2Zr. The zero-order chi connectivity index (χ0) is 29.0. The number of fused-ring (bicyclic) bond motifs is 2. The maximum Gasteiger partial charge on any atom is -1.00 e. The van der Waals surface area contributed by atoms with Crippen LogP contribution in [0.25, 0.3) is 8.85 Å². The molecule has 0 nitrogen and oxygen atoms in total. The molecule has 3 aliphatic carbocycles. The van der Waals surface area contributed by atoms with Crippen molar-refractivity contribution in [3.63, 3.8) is 0 Å². The van der Waals surface area contributed by atoms with Crippen LogP contribution in [0.4, 0.5) is 0 Å². The van der Waals surface area contributed by atoms with Crippen LogP contribution >= 0.6 is 0 Å². The Labute approximate surface area is 282 Å². The summed E-state index contributed by atoms with van der Waals surface area (Å²) in [5.74, 6) is 0. The largest absolute Gasteiger partial charge is 1.00 e. The molecule has 0 radical (unpaired) electrons. The number of hydrogen-bond donors (Lipinski definition) is 0. The molecule has 0 fully saturated rings. The first-order valence-electron chi connectivity index (χ1n) is 14.9. The molecule has 43 heavy (non-hydrogen) atoms. The molecule has 3 aromatic carbocycles. The number of halogens is 2. The number of allylic oxidation sites excluding steroid dienone is 8. The molecule has 0 aromatic heterocycles. The van der Waals surface area contributed by atoms with Gasteiger partial charge in [0, 0.05) is 0 Å². The first-order valence-corrected chi connectivity index (χ1v) is 17.4. The van der Waals surface area contributed by atoms with Gasteiger partial charge in [0.05, 0.1) is 0 Å². The third-order valence-electron chi connectivity index (χ3n) is 9.34. The molecular weight excluding hydrogens is 643 g/mol. The molecule has 0 spiro atoms. The fourth-order valence-corrected chi connectivity index (χ4v) is 10.3. The zero-order valence-electron chi connectivity index (χ0n) is 26.4. The summed E-state index contributed by atoms with van der Waals surface area (Å²) in [6.07, 6.45) is 13.0. The normalized spacial score (nSPS) is 18.8. The molecule has 3 aromatic rings. The maximum atomic E-state index is 2.54. The van der Waals surface area contributed by atoms with E-state index in [2.05, 4.69) is 158 Å². The Kier molecular flexibility index (Phi) is 9.84. The molecule has 3 heteroatoms. The van der Waals surface area contributed by atoms with E-state index in [-0.39, 0.29) is 41.1 Å². The molecule has 0 heterocycles. The van der Waals surface area contributed by atoms with Crippen LogP contribution in [-0.2, 0) is 28.2 Å². The Balaban J connectivity index is 0.00000212. The van der Waals surface area contributed by atoms with Gasteiger partial charge in [-0.1, -0.05) is 0 Å². The summed E-state index contributed by atoms with van der Waals surface area (Å²) < 4.78 is 3.19. The minimum Gasteiger partial charge on any atom is -1.00 e. The second-order valence-electron chi connectivity index (χ2n) is 13.9. The fraction of sp³-hybridized carbons (Fsp3) is 0.275. The van der Waals surface area contributed by atoms with Gasteiger partial charge in [-0.15, -0.1) is 0 Å². The summed E-state index contributed by atoms with van der Waals surface area (Å²) >= 11 is -1.31. The topological polar surface area (TPSA) is 0 Å². The van der Waals surface area contributed by atoms with Crippen molar-refractivity contribution in [2.75, 3.05) is 0 Å². The number of rotatable bonds is 4. The van der Waals surface area contributed by atoms with Gasteiger partial charge in [0.1, 0.15) is 0 Å². The van der Waals surface area contributed by atoms with E-state index in [0.717, 1.165) is 6.42 Å². The summed E-state index contributed by atoms with van der Waals surface area (Å²) in [6.45, 7) is 16.7. The average Bonchev–Trinajstić information content (AvgIpc) is 3.58. The Morgan fingerprint density at radius 2 is 1.37 bits per heavy atom. The van der Waals surface area contributed by atoms with Crippen molar-refractivity contribution < 1.29 is 47.6 Å². The second-order valence-corrected chi connectivity index (χ2v) is 17.0. The van der Waals surface area contributed by atoms with E-state index < -0.39 is 22.8 Å². The molecule has 0 saturated heterocycles. The molecule has 0 bridgehead atoms. The average molecular weight is 684 g/mol. The van der Waals surface area contributed by atoms with Crippen molar-refractivity contribution in [3.05, 3.63) is 153 Å². The van der Waals surface area contributed by atoms with Crippen molar-refractivity contribution >= 4 is 12.1 Å². The van der Waals surface area contributed by atoms with Gasteiger partial charge in [-0.2, -0.15) is 0 Å². The van der Waals surface area contributed by atoms with Crippen LogP contribution in [0.5, 0.6) is 0 Å². The van der Waals surface area contributed by atoms with Crippen molar-refractivity contribution in [1.29, 1.82) is 0 Å². The van der Waals surface area contributed by atoms with E-state index in [4.69, 9.17) is 0 Å². The monoisotopic (exact) mass is 681 g/mol. The van der Waals surface area contributed by atoms with E-state index >= 15 is 0 Å². The summed E-state index contributed by atoms with van der Waals surface area (Å²) in [6, 6.07) is 29.6. The predicted octanol–water partition coefficient (Wildman–Crippen LogP) is 2.42. The first kappa shape index (κ1) is 33.6. The van der Waals surface area contributed by atoms with Crippen molar-refractivity contribution in [2.45, 2.75) is 60.3 Å². The Bertz CT molecular complexity index is 1760. The van der Waals surface area contributed by atoms with Crippen molar-refractivity contribution in [3.8, 4) is 0 Å². The van der Waals surface area contributed by atoms with Gasteiger partial charge < -0.3 is 24.8 Å². The zero-order valence-corrected chi connectivity index (χ0v) is 30.3. The van der Waals surface area contributed by atoms with Gasteiger partial charge in [-0.25, -0.2) is 0 Å². The van der Waals surface area contributed by atoms with E-state index in [0.29, 0.717) is 0 Å². The number of benzene rings is 3. The quantitative estimate of drug-likeness (QED) is 0.397. The van der Waals surface area contributed by atoms with E-state index in [1.54, 1.807) is 12.1 Å². The van der Waals surface area contributed by atoms with Gasteiger partial charge in [-0.3, -0.25) is 0 Å². The second kappa shape index (κ2) is 12.6. The third kappa shape index (κ3) is 6.03. The van der Waals surface area contributed by atoms with Crippen molar-refractivity contribution in [2.24, 2.45) is 10.8 Å². The van der Waals surface area contributed by atoms with Crippen LogP contribution in [0, 0.1) is 10.8 Å². The van der Waals surface area contributed by atoms with E-state index in [1.165, 1.54) is 43.8 Å². The standard InChI is InChI=1S/C27H31.C13H10.2ClH.Zr/c1-25(2,3)20-12-13-21-19(16-20)17-23-22(21)14-15-27(7,26(4,5)6)24(23)18-10-8-9-11-18;1-3-7-12(8-4-1)11-13-9-5-2-6-10-13;;;/h8-10,12-16H,11H2,1-7H3;1-10H;2*1H;/q;;;;+2/p-2. The molecule has 0 aliphatic heterocycles. The van der Waals surface area contributed by atoms with Gasteiger partial charge in [-0.05, 0) is 0 Å². The summed E-state index contributed by atoms with van der Waals surface area (Å²) in [7, 11) is 0. The molecule has 0 N–H and O–H groups in total.